The van der Waals surface area contributed by atoms with Crippen molar-refractivity contribution < 1.29 is 9.90 Å². The van der Waals surface area contributed by atoms with Gasteiger partial charge in [-0.05, 0) is 31.4 Å². The molecule has 1 aliphatic rings. The molecule has 82 valence electrons. The highest BCUT2D eigenvalue weighted by molar-refractivity contribution is 8.00. The highest BCUT2D eigenvalue weighted by atomic mass is 32.2. The van der Waals surface area contributed by atoms with E-state index in [2.05, 4.69) is 5.32 Å². The molecular weight excluding hydrogens is 198 g/mol. The number of carbonyl (C=O) groups is 1. The summed E-state index contributed by atoms with van der Waals surface area (Å²) in [6, 6.07) is 0. The molecule has 0 aliphatic carbocycles. The molecule has 1 amide bonds. The predicted molar refractivity (Wildman–Crippen MR) is 59.4 cm³/mol. The fraction of sp³-hybridized carbons (Fsp3) is 0.900. The van der Waals surface area contributed by atoms with Crippen molar-refractivity contribution in [2.75, 3.05) is 12.3 Å². The molecule has 2 N–H and O–H groups in total. The third-order valence-corrected chi connectivity index (χ3v) is 3.85. The summed E-state index contributed by atoms with van der Waals surface area (Å²) < 4.78 is 0. The summed E-state index contributed by atoms with van der Waals surface area (Å²) >= 11 is 1.74. The van der Waals surface area contributed by atoms with Gasteiger partial charge in [-0.3, -0.25) is 4.79 Å². The molecule has 3 nitrogen and oxygen atoms in total. The Morgan fingerprint density at radius 1 is 1.71 bits per heavy atom. The first-order valence-electron chi connectivity index (χ1n) is 5.31. The van der Waals surface area contributed by atoms with E-state index in [0.29, 0.717) is 13.0 Å². The number of aliphatic hydroxyl groups is 1. The lowest BCUT2D eigenvalue weighted by Crippen LogP contribution is -2.33. The monoisotopic (exact) mass is 217 g/mol. The first-order chi connectivity index (χ1) is 6.74. The average Bonchev–Trinajstić information content (AvgIpc) is 2.70. The molecule has 14 heavy (non-hydrogen) atoms. The van der Waals surface area contributed by atoms with Crippen LogP contribution in [-0.2, 0) is 4.79 Å². The molecule has 1 rings (SSSR count). The van der Waals surface area contributed by atoms with Gasteiger partial charge in [0.05, 0.1) is 11.4 Å². The van der Waals surface area contributed by atoms with E-state index in [1.807, 2.05) is 6.92 Å². The van der Waals surface area contributed by atoms with Crippen LogP contribution in [0.1, 0.15) is 32.6 Å². The fourth-order valence-corrected chi connectivity index (χ4v) is 2.65. The molecule has 1 heterocycles. The van der Waals surface area contributed by atoms with Crippen LogP contribution in [0, 0.1) is 0 Å². The summed E-state index contributed by atoms with van der Waals surface area (Å²) in [4.78, 5) is 11.5. The molecule has 1 aliphatic heterocycles. The lowest BCUT2D eigenvalue weighted by molar-refractivity contribution is -0.120. The zero-order chi connectivity index (χ0) is 10.4. The maximum atomic E-state index is 11.5. The van der Waals surface area contributed by atoms with Gasteiger partial charge in [-0.2, -0.15) is 0 Å². The molecule has 1 fully saturated rings. The Bertz CT molecular complexity index is 181. The molecule has 0 saturated carbocycles. The second-order valence-corrected chi connectivity index (χ2v) is 4.95. The summed E-state index contributed by atoms with van der Waals surface area (Å²) in [6.45, 7) is 2.55. The van der Waals surface area contributed by atoms with Crippen LogP contribution in [0.25, 0.3) is 0 Å². The van der Waals surface area contributed by atoms with Gasteiger partial charge < -0.3 is 10.4 Å². The fourth-order valence-electron chi connectivity index (χ4n) is 1.46. The molecule has 2 atom stereocenters. The number of nitrogens with one attached hydrogen (secondary N) is 1. The van der Waals surface area contributed by atoms with Gasteiger partial charge in [0.25, 0.3) is 0 Å². The number of carbonyl (C=O) groups excluding carboxylic acids is 1. The quantitative estimate of drug-likeness (QED) is 0.726. The third-order valence-electron chi connectivity index (χ3n) is 2.47. The van der Waals surface area contributed by atoms with Crippen molar-refractivity contribution in [1.82, 2.24) is 5.32 Å². The van der Waals surface area contributed by atoms with E-state index < -0.39 is 0 Å². The van der Waals surface area contributed by atoms with Crippen LogP contribution in [-0.4, -0.2) is 34.7 Å². The molecule has 0 radical (unpaired) electrons. The van der Waals surface area contributed by atoms with E-state index in [1.165, 1.54) is 0 Å². The SMILES string of the molecule is CCC(O)CCNC(=O)C1CCCS1. The van der Waals surface area contributed by atoms with Crippen LogP contribution in [0.2, 0.25) is 0 Å². The van der Waals surface area contributed by atoms with Crippen LogP contribution in [0.5, 0.6) is 0 Å². The van der Waals surface area contributed by atoms with Gasteiger partial charge in [0.1, 0.15) is 0 Å². The van der Waals surface area contributed by atoms with E-state index in [-0.39, 0.29) is 17.3 Å². The maximum absolute atomic E-state index is 11.5. The third kappa shape index (κ3) is 3.88. The number of thioether (sulfide) groups is 1. The Morgan fingerprint density at radius 2 is 2.50 bits per heavy atom. The van der Waals surface area contributed by atoms with Crippen molar-refractivity contribution in [2.45, 2.75) is 44.0 Å². The summed E-state index contributed by atoms with van der Waals surface area (Å²) in [7, 11) is 0. The number of amides is 1. The van der Waals surface area contributed by atoms with Gasteiger partial charge in [-0.25, -0.2) is 0 Å². The Balaban J connectivity index is 2.08. The van der Waals surface area contributed by atoms with Crippen LogP contribution in [0.4, 0.5) is 0 Å². The van der Waals surface area contributed by atoms with Crippen LogP contribution in [0.15, 0.2) is 0 Å². The minimum Gasteiger partial charge on any atom is -0.393 e. The normalized spacial score (nSPS) is 23.4. The van der Waals surface area contributed by atoms with Crippen LogP contribution < -0.4 is 5.32 Å². The second kappa shape index (κ2) is 6.30. The molecule has 2 unspecified atom stereocenters. The van der Waals surface area contributed by atoms with Gasteiger partial charge in [-0.1, -0.05) is 6.92 Å². The van der Waals surface area contributed by atoms with Gasteiger partial charge >= 0.3 is 0 Å². The molecule has 0 aromatic rings. The van der Waals surface area contributed by atoms with Gasteiger partial charge in [0, 0.05) is 6.54 Å². The number of rotatable bonds is 5. The first kappa shape index (κ1) is 11.9. The van der Waals surface area contributed by atoms with Gasteiger partial charge in [0.15, 0.2) is 0 Å². The lowest BCUT2D eigenvalue weighted by atomic mass is 10.2. The van der Waals surface area contributed by atoms with Crippen molar-refractivity contribution in [3.63, 3.8) is 0 Å². The molecule has 0 aromatic carbocycles. The highest BCUT2D eigenvalue weighted by Gasteiger charge is 2.22. The van der Waals surface area contributed by atoms with E-state index in [9.17, 15) is 9.90 Å². The summed E-state index contributed by atoms with van der Waals surface area (Å²) in [5.41, 5.74) is 0. The van der Waals surface area contributed by atoms with E-state index in [0.717, 1.165) is 25.0 Å². The van der Waals surface area contributed by atoms with Crippen molar-refractivity contribution >= 4 is 17.7 Å². The predicted octanol–water partition coefficient (Wildman–Crippen LogP) is 1.16. The summed E-state index contributed by atoms with van der Waals surface area (Å²) in [5.74, 6) is 1.26. The van der Waals surface area contributed by atoms with E-state index in [1.54, 1.807) is 11.8 Å². The molecule has 1 saturated heterocycles. The van der Waals surface area contributed by atoms with E-state index >= 15 is 0 Å². The maximum Gasteiger partial charge on any atom is 0.233 e. The standard InChI is InChI=1S/C10H19NO2S/c1-2-8(12)5-6-11-10(13)9-4-3-7-14-9/h8-9,12H,2-7H2,1H3,(H,11,13). The zero-order valence-corrected chi connectivity index (χ0v) is 9.48. The lowest BCUT2D eigenvalue weighted by Gasteiger charge is -2.11. The zero-order valence-electron chi connectivity index (χ0n) is 8.66. The van der Waals surface area contributed by atoms with Crippen molar-refractivity contribution in [1.29, 1.82) is 0 Å². The van der Waals surface area contributed by atoms with Crippen molar-refractivity contribution in [3.05, 3.63) is 0 Å². The molecular formula is C10H19NO2S. The minimum atomic E-state index is -0.272. The summed E-state index contributed by atoms with van der Waals surface area (Å²) in [5, 5.41) is 12.3. The molecule has 0 spiro atoms. The van der Waals surface area contributed by atoms with Crippen molar-refractivity contribution in [2.24, 2.45) is 0 Å². The number of hydrogen-bond acceptors (Lipinski definition) is 3. The van der Waals surface area contributed by atoms with Gasteiger partial charge in [-0.15, -0.1) is 11.8 Å². The van der Waals surface area contributed by atoms with Crippen LogP contribution >= 0.6 is 11.8 Å². The molecule has 0 bridgehead atoms. The largest absolute Gasteiger partial charge is 0.393 e. The Morgan fingerprint density at radius 3 is 3.07 bits per heavy atom. The topological polar surface area (TPSA) is 49.3 Å². The Hall–Kier alpha value is -0.220. The second-order valence-electron chi connectivity index (χ2n) is 3.64. The number of hydrogen-bond donors (Lipinski definition) is 2. The molecule has 0 aromatic heterocycles. The smallest absolute Gasteiger partial charge is 0.233 e. The molecule has 4 heteroatoms. The first-order valence-corrected chi connectivity index (χ1v) is 6.36. The summed E-state index contributed by atoms with van der Waals surface area (Å²) in [6.07, 6.45) is 3.31. The van der Waals surface area contributed by atoms with E-state index in [4.69, 9.17) is 0 Å². The van der Waals surface area contributed by atoms with Crippen LogP contribution in [0.3, 0.4) is 0 Å². The van der Waals surface area contributed by atoms with Gasteiger partial charge in [0.2, 0.25) is 5.91 Å². The van der Waals surface area contributed by atoms with Crippen molar-refractivity contribution in [3.8, 4) is 0 Å². The Kier molecular flexibility index (Phi) is 5.33. The highest BCUT2D eigenvalue weighted by Crippen LogP contribution is 2.25. The average molecular weight is 217 g/mol. The Labute approximate surface area is 89.6 Å². The number of aliphatic hydroxyl groups excluding tert-OH is 1. The minimum absolute atomic E-state index is 0.149.